The van der Waals surface area contributed by atoms with Gasteiger partial charge in [0.15, 0.2) is 5.78 Å². The Kier molecular flexibility index (Phi) is 8.09. The third-order valence-electron chi connectivity index (χ3n) is 1.39. The van der Waals surface area contributed by atoms with E-state index in [0.29, 0.717) is 20.6 Å². The van der Waals surface area contributed by atoms with Crippen LogP contribution in [0, 0.1) is 0 Å². The molecule has 0 unspecified atom stereocenters. The predicted molar refractivity (Wildman–Crippen MR) is 51.5 cm³/mol. The standard InChI is InChI=1S/C8H5Cl3O.2ClH/c1-4(12)5-2-7(10)8(11)3-6(5)9;;/h2-3H,1H3;2*1H/p-2. The van der Waals surface area contributed by atoms with Crippen molar-refractivity contribution in [2.75, 3.05) is 0 Å². The van der Waals surface area contributed by atoms with Crippen molar-refractivity contribution in [1.82, 2.24) is 0 Å². The summed E-state index contributed by atoms with van der Waals surface area (Å²) in [6, 6.07) is 2.93. The molecule has 1 aromatic rings. The fourth-order valence-electron chi connectivity index (χ4n) is 0.792. The minimum Gasteiger partial charge on any atom is -1.00 e. The SMILES string of the molecule is CC(=O)c1cc(Cl)c(Cl)cc1Cl.[Cl-].[Cl-]. The molecule has 0 radical (unpaired) electrons. The van der Waals surface area contributed by atoms with Gasteiger partial charge in [-0.15, -0.1) is 0 Å². The number of hydrogen-bond donors (Lipinski definition) is 0. The maximum atomic E-state index is 10.9. The average Bonchev–Trinajstić information content (AvgIpc) is 1.96. The lowest BCUT2D eigenvalue weighted by Gasteiger charge is -2.01. The molecule has 6 heteroatoms. The van der Waals surface area contributed by atoms with Crippen LogP contribution in [0.5, 0.6) is 0 Å². The fraction of sp³-hybridized carbons (Fsp3) is 0.125. The van der Waals surface area contributed by atoms with E-state index in [4.69, 9.17) is 34.8 Å². The van der Waals surface area contributed by atoms with Crippen molar-refractivity contribution in [3.8, 4) is 0 Å². The highest BCUT2D eigenvalue weighted by atomic mass is 35.5. The average molecular weight is 294 g/mol. The van der Waals surface area contributed by atoms with Gasteiger partial charge in [0.1, 0.15) is 0 Å². The zero-order valence-electron chi connectivity index (χ0n) is 6.95. The molecule has 0 aromatic heterocycles. The maximum Gasteiger partial charge on any atom is 0.161 e. The highest BCUT2D eigenvalue weighted by Crippen LogP contribution is 2.28. The van der Waals surface area contributed by atoms with Crippen molar-refractivity contribution in [3.05, 3.63) is 32.8 Å². The van der Waals surface area contributed by atoms with E-state index in [0.717, 1.165) is 0 Å². The summed E-state index contributed by atoms with van der Waals surface area (Å²) in [4.78, 5) is 10.9. The Morgan fingerprint density at radius 3 is 1.86 bits per heavy atom. The van der Waals surface area contributed by atoms with Gasteiger partial charge in [0.2, 0.25) is 0 Å². The van der Waals surface area contributed by atoms with E-state index in [2.05, 4.69) is 0 Å². The molecule has 0 saturated heterocycles. The first-order chi connectivity index (χ1) is 5.52. The van der Waals surface area contributed by atoms with Gasteiger partial charge in [-0.1, -0.05) is 34.8 Å². The Labute approximate surface area is 110 Å². The number of rotatable bonds is 1. The van der Waals surface area contributed by atoms with Gasteiger partial charge in [-0.05, 0) is 19.1 Å². The van der Waals surface area contributed by atoms with E-state index in [-0.39, 0.29) is 30.6 Å². The molecular weight excluding hydrogens is 289 g/mol. The molecule has 0 aliphatic carbocycles. The predicted octanol–water partition coefficient (Wildman–Crippen LogP) is -2.14. The molecule has 0 N–H and O–H groups in total. The summed E-state index contributed by atoms with van der Waals surface area (Å²) in [6.45, 7) is 1.42. The van der Waals surface area contributed by atoms with Gasteiger partial charge in [-0.25, -0.2) is 0 Å². The van der Waals surface area contributed by atoms with Crippen LogP contribution in [0.4, 0.5) is 0 Å². The molecule has 0 aliphatic rings. The number of benzene rings is 1. The first-order valence-electron chi connectivity index (χ1n) is 3.18. The van der Waals surface area contributed by atoms with Crippen LogP contribution >= 0.6 is 34.8 Å². The quantitative estimate of drug-likeness (QED) is 0.427. The largest absolute Gasteiger partial charge is 1.00 e. The molecule has 0 saturated carbocycles. The second-order valence-electron chi connectivity index (χ2n) is 2.30. The molecule has 0 fully saturated rings. The molecule has 0 atom stereocenters. The Hall–Kier alpha value is 0.340. The van der Waals surface area contributed by atoms with Gasteiger partial charge in [0.25, 0.3) is 0 Å². The van der Waals surface area contributed by atoms with Crippen molar-refractivity contribution in [1.29, 1.82) is 0 Å². The van der Waals surface area contributed by atoms with E-state index in [9.17, 15) is 4.79 Å². The van der Waals surface area contributed by atoms with Crippen molar-refractivity contribution >= 4 is 40.6 Å². The molecule has 0 amide bonds. The van der Waals surface area contributed by atoms with E-state index in [1.807, 2.05) is 0 Å². The molecule has 0 spiro atoms. The lowest BCUT2D eigenvalue weighted by atomic mass is 10.1. The van der Waals surface area contributed by atoms with Crippen LogP contribution in [-0.4, -0.2) is 5.78 Å². The minimum atomic E-state index is -0.126. The van der Waals surface area contributed by atoms with Crippen molar-refractivity contribution in [2.24, 2.45) is 0 Å². The second kappa shape index (κ2) is 6.76. The Morgan fingerprint density at radius 2 is 1.43 bits per heavy atom. The van der Waals surface area contributed by atoms with Crippen LogP contribution in [0.3, 0.4) is 0 Å². The monoisotopic (exact) mass is 292 g/mol. The Morgan fingerprint density at radius 1 is 1.00 bits per heavy atom. The van der Waals surface area contributed by atoms with Crippen LogP contribution in [0.25, 0.3) is 0 Å². The summed E-state index contributed by atoms with van der Waals surface area (Å²) in [5.74, 6) is -0.126. The highest BCUT2D eigenvalue weighted by molar-refractivity contribution is 6.44. The van der Waals surface area contributed by atoms with E-state index in [1.54, 1.807) is 0 Å². The number of ketones is 1. The van der Waals surface area contributed by atoms with Gasteiger partial charge in [0, 0.05) is 5.56 Å². The second-order valence-corrected chi connectivity index (χ2v) is 3.52. The number of carbonyl (C=O) groups excluding carboxylic acids is 1. The van der Waals surface area contributed by atoms with Crippen LogP contribution in [0.15, 0.2) is 12.1 Å². The Balaban J connectivity index is 0. The van der Waals surface area contributed by atoms with Crippen LogP contribution in [0.2, 0.25) is 15.1 Å². The van der Waals surface area contributed by atoms with Gasteiger partial charge in [-0.2, -0.15) is 0 Å². The molecule has 14 heavy (non-hydrogen) atoms. The summed E-state index contributed by atoms with van der Waals surface area (Å²) >= 11 is 17.1. The first-order valence-corrected chi connectivity index (χ1v) is 4.31. The highest BCUT2D eigenvalue weighted by Gasteiger charge is 2.08. The zero-order valence-corrected chi connectivity index (χ0v) is 10.7. The topological polar surface area (TPSA) is 17.1 Å². The van der Waals surface area contributed by atoms with Crippen molar-refractivity contribution in [2.45, 2.75) is 6.92 Å². The summed E-state index contributed by atoms with van der Waals surface area (Å²) < 4.78 is 0. The third kappa shape index (κ3) is 3.84. The van der Waals surface area contributed by atoms with Crippen LogP contribution in [0.1, 0.15) is 17.3 Å². The molecule has 1 nitrogen and oxygen atoms in total. The smallest absolute Gasteiger partial charge is 0.161 e. The summed E-state index contributed by atoms with van der Waals surface area (Å²) in [7, 11) is 0. The Bertz CT molecular complexity index is 337. The van der Waals surface area contributed by atoms with Gasteiger partial charge in [0.05, 0.1) is 15.1 Å². The number of carbonyl (C=O) groups is 1. The number of Topliss-reactive ketones (excluding diaryl/α,β-unsaturated/α-hetero) is 1. The van der Waals surface area contributed by atoms with Gasteiger partial charge in [-0.3, -0.25) is 4.79 Å². The third-order valence-corrected chi connectivity index (χ3v) is 2.42. The van der Waals surface area contributed by atoms with Crippen LogP contribution in [-0.2, 0) is 0 Å². The fourth-order valence-corrected chi connectivity index (χ4v) is 1.47. The summed E-state index contributed by atoms with van der Waals surface area (Å²) in [5, 5.41) is 1.02. The maximum absolute atomic E-state index is 10.9. The molecule has 80 valence electrons. The van der Waals surface area contributed by atoms with E-state index < -0.39 is 0 Å². The minimum absolute atomic E-state index is 0. The lowest BCUT2D eigenvalue weighted by molar-refractivity contribution is -0.00100. The molecule has 0 heterocycles. The van der Waals surface area contributed by atoms with Crippen molar-refractivity contribution in [3.63, 3.8) is 0 Å². The van der Waals surface area contributed by atoms with E-state index >= 15 is 0 Å². The number of halogens is 5. The molecule has 1 rings (SSSR count). The molecular formula is C8H5Cl5O-2. The lowest BCUT2D eigenvalue weighted by Crippen LogP contribution is -3.00. The molecule has 1 aromatic carbocycles. The zero-order chi connectivity index (χ0) is 9.30. The van der Waals surface area contributed by atoms with Gasteiger partial charge >= 0.3 is 0 Å². The molecule has 0 aliphatic heterocycles. The van der Waals surface area contributed by atoms with Crippen LogP contribution < -0.4 is 24.8 Å². The normalized spacial score (nSPS) is 8.57. The summed E-state index contributed by atoms with van der Waals surface area (Å²) in [5.41, 5.74) is 0.395. The van der Waals surface area contributed by atoms with E-state index in [1.165, 1.54) is 19.1 Å². The van der Waals surface area contributed by atoms with Crippen molar-refractivity contribution < 1.29 is 29.6 Å². The first kappa shape index (κ1) is 16.8. The summed E-state index contributed by atoms with van der Waals surface area (Å²) in [6.07, 6.45) is 0. The van der Waals surface area contributed by atoms with Gasteiger partial charge < -0.3 is 24.8 Å². The molecule has 0 bridgehead atoms. The number of hydrogen-bond acceptors (Lipinski definition) is 1.